The van der Waals surface area contributed by atoms with Crippen LogP contribution in [0.3, 0.4) is 0 Å². The fourth-order valence-electron chi connectivity index (χ4n) is 3.42. The third-order valence-electron chi connectivity index (χ3n) is 5.30. The van der Waals surface area contributed by atoms with Crippen molar-refractivity contribution >= 4 is 39.2 Å². The highest BCUT2D eigenvalue weighted by molar-refractivity contribution is 7.98. The third kappa shape index (κ3) is 5.05. The van der Waals surface area contributed by atoms with Crippen LogP contribution in [-0.4, -0.2) is 44.4 Å². The van der Waals surface area contributed by atoms with Crippen LogP contribution >= 0.6 is 11.8 Å². The molecule has 8 heteroatoms. The van der Waals surface area contributed by atoms with Gasteiger partial charge in [-0.3, -0.25) is 14.3 Å². The van der Waals surface area contributed by atoms with Crippen molar-refractivity contribution in [3.8, 4) is 0 Å². The zero-order chi connectivity index (χ0) is 21.9. The normalized spacial score (nSPS) is 15.1. The van der Waals surface area contributed by atoms with Gasteiger partial charge in [-0.15, -0.1) is 11.8 Å². The number of carbonyl (C=O) groups excluding carboxylic acids is 2. The second-order valence-electron chi connectivity index (χ2n) is 7.58. The standard InChI is InChI=1S/C22H26N2O4S2/c1-15-9-11-24(12-10-15)22(26)20-14-19(7-8-21(20)29-3)30(27,28)23-18-6-4-5-17(13-18)16(2)25/h4-8,13-15,23H,9-12H2,1-3H3. The van der Waals surface area contributed by atoms with E-state index in [0.717, 1.165) is 17.7 Å². The highest BCUT2D eigenvalue weighted by Gasteiger charge is 2.25. The number of piperidine rings is 1. The first kappa shape index (κ1) is 22.4. The molecule has 0 saturated carbocycles. The summed E-state index contributed by atoms with van der Waals surface area (Å²) in [4.78, 5) is 27.2. The van der Waals surface area contributed by atoms with Crippen LogP contribution in [0.25, 0.3) is 0 Å². The average molecular weight is 447 g/mol. The minimum Gasteiger partial charge on any atom is -0.339 e. The summed E-state index contributed by atoms with van der Waals surface area (Å²) in [5.74, 6) is 0.307. The molecule has 0 bridgehead atoms. The number of sulfonamides is 1. The molecule has 3 rings (SSSR count). The number of rotatable bonds is 6. The maximum absolute atomic E-state index is 13.1. The SMILES string of the molecule is CSc1ccc(S(=O)(=O)Nc2cccc(C(C)=O)c2)cc1C(=O)N1CCC(C)CC1. The summed E-state index contributed by atoms with van der Waals surface area (Å²) in [6, 6.07) is 11.0. The van der Waals surface area contributed by atoms with Crippen LogP contribution in [0.5, 0.6) is 0 Å². The van der Waals surface area contributed by atoms with E-state index in [2.05, 4.69) is 11.6 Å². The zero-order valence-corrected chi connectivity index (χ0v) is 19.0. The Kier molecular flexibility index (Phi) is 6.88. The minimum absolute atomic E-state index is 0.0160. The van der Waals surface area contributed by atoms with Crippen LogP contribution in [0.2, 0.25) is 0 Å². The molecule has 30 heavy (non-hydrogen) atoms. The molecule has 1 aliphatic heterocycles. The molecule has 2 aromatic carbocycles. The van der Waals surface area contributed by atoms with Crippen molar-refractivity contribution in [2.75, 3.05) is 24.1 Å². The fraction of sp³-hybridized carbons (Fsp3) is 0.364. The van der Waals surface area contributed by atoms with E-state index in [0.29, 0.717) is 35.8 Å². The number of benzene rings is 2. The molecule has 1 heterocycles. The molecular weight excluding hydrogens is 420 g/mol. The van der Waals surface area contributed by atoms with Gasteiger partial charge in [0.05, 0.1) is 10.5 Å². The van der Waals surface area contributed by atoms with Gasteiger partial charge in [0.25, 0.3) is 15.9 Å². The molecular formula is C22H26N2O4S2. The van der Waals surface area contributed by atoms with Crippen molar-refractivity contribution in [1.82, 2.24) is 4.90 Å². The Hall–Kier alpha value is -2.32. The molecule has 0 spiro atoms. The number of thioether (sulfide) groups is 1. The summed E-state index contributed by atoms with van der Waals surface area (Å²) < 4.78 is 28.4. The number of nitrogens with zero attached hydrogens (tertiary/aromatic N) is 1. The summed E-state index contributed by atoms with van der Waals surface area (Å²) in [6.07, 6.45) is 3.77. The zero-order valence-electron chi connectivity index (χ0n) is 17.3. The lowest BCUT2D eigenvalue weighted by Gasteiger charge is -2.30. The number of nitrogens with one attached hydrogen (secondary N) is 1. The summed E-state index contributed by atoms with van der Waals surface area (Å²) in [5.41, 5.74) is 1.12. The fourth-order valence-corrected chi connectivity index (χ4v) is 5.06. The van der Waals surface area contributed by atoms with E-state index in [4.69, 9.17) is 0 Å². The molecule has 0 unspecified atom stereocenters. The van der Waals surface area contributed by atoms with Crippen LogP contribution in [0.1, 0.15) is 47.4 Å². The van der Waals surface area contributed by atoms with Crippen LogP contribution in [-0.2, 0) is 10.0 Å². The number of amides is 1. The van der Waals surface area contributed by atoms with E-state index in [-0.39, 0.29) is 16.6 Å². The number of hydrogen-bond donors (Lipinski definition) is 1. The number of likely N-dealkylation sites (tertiary alicyclic amines) is 1. The van der Waals surface area contributed by atoms with Crippen molar-refractivity contribution in [2.45, 2.75) is 36.5 Å². The first-order chi connectivity index (χ1) is 14.2. The van der Waals surface area contributed by atoms with Gasteiger partial charge in [0.2, 0.25) is 0 Å². The van der Waals surface area contributed by atoms with Gasteiger partial charge < -0.3 is 4.90 Å². The first-order valence-corrected chi connectivity index (χ1v) is 12.5. The van der Waals surface area contributed by atoms with Gasteiger partial charge in [0.15, 0.2) is 5.78 Å². The van der Waals surface area contributed by atoms with Gasteiger partial charge in [0.1, 0.15) is 0 Å². The molecule has 1 aliphatic rings. The highest BCUT2D eigenvalue weighted by Crippen LogP contribution is 2.28. The predicted octanol–water partition coefficient (Wildman–Crippen LogP) is 4.28. The highest BCUT2D eigenvalue weighted by atomic mass is 32.2. The smallest absolute Gasteiger partial charge is 0.261 e. The Morgan fingerprint density at radius 1 is 1.10 bits per heavy atom. The molecule has 0 atom stereocenters. The molecule has 160 valence electrons. The van der Waals surface area contributed by atoms with Gasteiger partial charge >= 0.3 is 0 Å². The van der Waals surface area contributed by atoms with Crippen molar-refractivity contribution in [3.05, 3.63) is 53.6 Å². The monoisotopic (exact) mass is 446 g/mol. The number of Topliss-reactive ketones (excluding diaryl/α,β-unsaturated/α-hetero) is 1. The maximum atomic E-state index is 13.1. The van der Waals surface area contributed by atoms with Crippen molar-refractivity contribution in [1.29, 1.82) is 0 Å². The summed E-state index contributed by atoms with van der Waals surface area (Å²) >= 11 is 1.42. The van der Waals surface area contributed by atoms with Gasteiger partial charge in [-0.2, -0.15) is 0 Å². The second kappa shape index (κ2) is 9.22. The molecule has 1 N–H and O–H groups in total. The van der Waals surface area contributed by atoms with Crippen LogP contribution < -0.4 is 4.72 Å². The summed E-state index contributed by atoms with van der Waals surface area (Å²) in [5, 5.41) is 0. The Bertz CT molecular complexity index is 1060. The minimum atomic E-state index is -3.92. The first-order valence-electron chi connectivity index (χ1n) is 9.82. The van der Waals surface area contributed by atoms with E-state index >= 15 is 0 Å². The molecule has 2 aromatic rings. The Morgan fingerprint density at radius 3 is 2.43 bits per heavy atom. The van der Waals surface area contributed by atoms with Gasteiger partial charge in [-0.25, -0.2) is 8.42 Å². The lowest BCUT2D eigenvalue weighted by Crippen LogP contribution is -2.38. The molecule has 1 amide bonds. The molecule has 0 aromatic heterocycles. The second-order valence-corrected chi connectivity index (χ2v) is 10.1. The topological polar surface area (TPSA) is 83.5 Å². The van der Waals surface area contributed by atoms with Gasteiger partial charge in [0, 0.05) is 29.2 Å². The average Bonchev–Trinajstić information content (AvgIpc) is 2.73. The largest absolute Gasteiger partial charge is 0.339 e. The number of carbonyl (C=O) groups is 2. The van der Waals surface area contributed by atoms with E-state index < -0.39 is 10.0 Å². The van der Waals surface area contributed by atoms with Crippen molar-refractivity contribution in [2.24, 2.45) is 5.92 Å². The van der Waals surface area contributed by atoms with Crippen molar-refractivity contribution in [3.63, 3.8) is 0 Å². The van der Waals surface area contributed by atoms with Crippen LogP contribution in [0, 0.1) is 5.92 Å². The quantitative estimate of drug-likeness (QED) is 0.529. The number of hydrogen-bond acceptors (Lipinski definition) is 5. The molecule has 6 nitrogen and oxygen atoms in total. The van der Waals surface area contributed by atoms with Gasteiger partial charge in [-0.05, 0) is 62.3 Å². The molecule has 1 fully saturated rings. The van der Waals surface area contributed by atoms with Gasteiger partial charge in [-0.1, -0.05) is 19.1 Å². The van der Waals surface area contributed by atoms with E-state index in [1.165, 1.54) is 36.9 Å². The van der Waals surface area contributed by atoms with Crippen LogP contribution in [0.15, 0.2) is 52.3 Å². The van der Waals surface area contributed by atoms with E-state index in [1.807, 2.05) is 6.26 Å². The third-order valence-corrected chi connectivity index (χ3v) is 7.48. The predicted molar refractivity (Wildman–Crippen MR) is 120 cm³/mol. The molecule has 1 saturated heterocycles. The lowest BCUT2D eigenvalue weighted by molar-refractivity contribution is 0.0693. The Labute approximate surface area is 182 Å². The Balaban J connectivity index is 1.90. The summed E-state index contributed by atoms with van der Waals surface area (Å²) in [6.45, 7) is 4.96. The van der Waals surface area contributed by atoms with Crippen LogP contribution in [0.4, 0.5) is 5.69 Å². The lowest BCUT2D eigenvalue weighted by atomic mass is 9.98. The maximum Gasteiger partial charge on any atom is 0.261 e. The number of ketones is 1. The van der Waals surface area contributed by atoms with E-state index in [1.54, 1.807) is 29.2 Å². The molecule has 0 aliphatic carbocycles. The molecule has 0 radical (unpaired) electrons. The van der Waals surface area contributed by atoms with Crippen molar-refractivity contribution < 1.29 is 18.0 Å². The van der Waals surface area contributed by atoms with E-state index in [9.17, 15) is 18.0 Å². The number of anilines is 1. The summed E-state index contributed by atoms with van der Waals surface area (Å²) in [7, 11) is -3.92. The Morgan fingerprint density at radius 2 is 1.80 bits per heavy atom.